The van der Waals surface area contributed by atoms with Crippen LogP contribution in [0.5, 0.6) is 0 Å². The molecule has 1 aromatic heterocycles. The van der Waals surface area contributed by atoms with Gasteiger partial charge in [0.05, 0.1) is 6.04 Å². The minimum atomic E-state index is -3.90. The van der Waals surface area contributed by atoms with Gasteiger partial charge in [0.15, 0.2) is 5.82 Å². The lowest BCUT2D eigenvalue weighted by Gasteiger charge is -2.24. The summed E-state index contributed by atoms with van der Waals surface area (Å²) in [6.45, 7) is 1.20. The van der Waals surface area contributed by atoms with Crippen molar-refractivity contribution < 1.29 is 12.8 Å². The van der Waals surface area contributed by atoms with Gasteiger partial charge in [0.1, 0.15) is 16.5 Å². The van der Waals surface area contributed by atoms with Gasteiger partial charge in [-0.1, -0.05) is 18.6 Å². The number of sulfonamides is 1. The van der Waals surface area contributed by atoms with Crippen LogP contribution in [0, 0.1) is 5.82 Å². The van der Waals surface area contributed by atoms with Crippen LogP contribution in [0.3, 0.4) is 0 Å². The lowest BCUT2D eigenvalue weighted by atomic mass is 10.2. The van der Waals surface area contributed by atoms with Gasteiger partial charge in [-0.2, -0.15) is 4.31 Å². The maximum absolute atomic E-state index is 14.1. The summed E-state index contributed by atoms with van der Waals surface area (Å²) in [5.74, 6) is 0.921. The van der Waals surface area contributed by atoms with E-state index in [1.807, 2.05) is 0 Å². The van der Waals surface area contributed by atoms with Crippen LogP contribution < -0.4 is 0 Å². The minimum Gasteiger partial charge on any atom is -0.314 e. The number of halogens is 1. The molecular weight excluding hydrogens is 343 g/mol. The Morgan fingerprint density at radius 2 is 1.88 bits per heavy atom. The van der Waals surface area contributed by atoms with Crippen molar-refractivity contribution in [3.8, 4) is 0 Å². The molecule has 0 aliphatic carbocycles. The number of benzene rings is 1. The monoisotopic (exact) mass is 364 g/mol. The summed E-state index contributed by atoms with van der Waals surface area (Å²) in [7, 11) is -3.90. The van der Waals surface area contributed by atoms with Crippen molar-refractivity contribution in [3.05, 3.63) is 41.7 Å². The molecule has 3 heterocycles. The van der Waals surface area contributed by atoms with E-state index in [1.165, 1.54) is 22.5 Å². The van der Waals surface area contributed by atoms with Crippen LogP contribution in [0.25, 0.3) is 0 Å². The Kier molecular flexibility index (Phi) is 4.33. The van der Waals surface area contributed by atoms with Crippen molar-refractivity contribution in [2.75, 3.05) is 6.54 Å². The van der Waals surface area contributed by atoms with Gasteiger partial charge >= 0.3 is 0 Å². The molecule has 0 radical (unpaired) electrons. The van der Waals surface area contributed by atoms with Crippen LogP contribution in [0.4, 0.5) is 4.39 Å². The van der Waals surface area contributed by atoms with E-state index in [2.05, 4.69) is 14.8 Å². The quantitative estimate of drug-likeness (QED) is 0.840. The predicted octanol–water partition coefficient (Wildman–Crippen LogP) is 2.67. The van der Waals surface area contributed by atoms with Gasteiger partial charge in [-0.05, 0) is 37.8 Å². The lowest BCUT2D eigenvalue weighted by molar-refractivity contribution is 0.368. The highest BCUT2D eigenvalue weighted by molar-refractivity contribution is 7.89. The fraction of sp³-hybridized carbons (Fsp3) is 0.529. The molecule has 0 spiro atoms. The molecule has 4 rings (SSSR count). The first-order valence-electron chi connectivity index (χ1n) is 8.77. The van der Waals surface area contributed by atoms with Gasteiger partial charge in [0.2, 0.25) is 10.0 Å². The molecule has 0 bridgehead atoms. The fourth-order valence-corrected chi connectivity index (χ4v) is 5.54. The van der Waals surface area contributed by atoms with Crippen molar-refractivity contribution in [1.29, 1.82) is 0 Å². The first-order chi connectivity index (χ1) is 12.1. The number of hydrogen-bond donors (Lipinski definition) is 0. The van der Waals surface area contributed by atoms with E-state index in [0.717, 1.165) is 44.5 Å². The molecule has 8 heteroatoms. The summed E-state index contributed by atoms with van der Waals surface area (Å²) in [6.07, 6.45) is 5.57. The molecule has 2 aliphatic heterocycles. The largest absolute Gasteiger partial charge is 0.314 e. The Balaban J connectivity index is 1.72. The van der Waals surface area contributed by atoms with Crippen LogP contribution in [0.2, 0.25) is 0 Å². The first kappa shape index (κ1) is 16.7. The Hall–Kier alpha value is -1.80. The second-order valence-electron chi connectivity index (χ2n) is 6.64. The van der Waals surface area contributed by atoms with Crippen LogP contribution in [-0.4, -0.2) is 34.0 Å². The number of hydrogen-bond acceptors (Lipinski definition) is 4. The third kappa shape index (κ3) is 2.87. The molecule has 1 fully saturated rings. The molecule has 0 amide bonds. The second-order valence-corrected chi connectivity index (χ2v) is 8.50. The Morgan fingerprint density at radius 1 is 1.04 bits per heavy atom. The van der Waals surface area contributed by atoms with Gasteiger partial charge in [-0.25, -0.2) is 12.8 Å². The Bertz CT molecular complexity index is 881. The zero-order chi connectivity index (χ0) is 17.4. The van der Waals surface area contributed by atoms with Gasteiger partial charge in [-0.15, -0.1) is 10.2 Å². The molecule has 6 nitrogen and oxygen atoms in total. The van der Waals surface area contributed by atoms with Crippen LogP contribution in [0.15, 0.2) is 29.2 Å². The molecule has 1 atom stereocenters. The SMILES string of the molecule is O=S(=O)(c1ccccc1F)N1CCC[C@@H]1c1nnc2n1CCCCC2. The van der Waals surface area contributed by atoms with Crippen LogP contribution >= 0.6 is 0 Å². The number of fused-ring (bicyclic) bond motifs is 1. The minimum absolute atomic E-state index is 0.266. The summed E-state index contributed by atoms with van der Waals surface area (Å²) < 4.78 is 43.6. The zero-order valence-corrected chi connectivity index (χ0v) is 14.8. The van der Waals surface area contributed by atoms with Crippen molar-refractivity contribution in [3.63, 3.8) is 0 Å². The van der Waals surface area contributed by atoms with E-state index >= 15 is 0 Å². The topological polar surface area (TPSA) is 68.1 Å². The zero-order valence-electron chi connectivity index (χ0n) is 13.9. The molecule has 1 aromatic carbocycles. The number of aryl methyl sites for hydroxylation is 1. The smallest absolute Gasteiger partial charge is 0.246 e. The van der Waals surface area contributed by atoms with Crippen molar-refractivity contribution in [1.82, 2.24) is 19.1 Å². The highest BCUT2D eigenvalue weighted by Crippen LogP contribution is 2.37. The highest BCUT2D eigenvalue weighted by atomic mass is 32.2. The van der Waals surface area contributed by atoms with E-state index in [0.29, 0.717) is 18.8 Å². The summed E-state index contributed by atoms with van der Waals surface area (Å²) in [6, 6.07) is 5.17. The predicted molar refractivity (Wildman–Crippen MR) is 89.8 cm³/mol. The van der Waals surface area contributed by atoms with Crippen LogP contribution in [-0.2, 0) is 23.0 Å². The Labute approximate surface area is 146 Å². The molecule has 0 N–H and O–H groups in total. The maximum atomic E-state index is 14.1. The highest BCUT2D eigenvalue weighted by Gasteiger charge is 2.40. The molecule has 0 saturated carbocycles. The molecule has 2 aliphatic rings. The average molecular weight is 364 g/mol. The number of nitrogens with zero attached hydrogens (tertiary/aromatic N) is 4. The van der Waals surface area contributed by atoms with Crippen molar-refractivity contribution in [2.24, 2.45) is 0 Å². The third-order valence-corrected chi connectivity index (χ3v) is 7.00. The second kappa shape index (κ2) is 6.49. The van der Waals surface area contributed by atoms with Crippen molar-refractivity contribution >= 4 is 10.0 Å². The molecule has 134 valence electrons. The molecular formula is C17H21FN4O2S. The molecule has 0 unspecified atom stereocenters. The summed E-state index contributed by atoms with van der Waals surface area (Å²) in [4.78, 5) is -0.266. The van der Waals surface area contributed by atoms with E-state index in [1.54, 1.807) is 6.07 Å². The van der Waals surface area contributed by atoms with Gasteiger partial charge in [0.25, 0.3) is 0 Å². The Morgan fingerprint density at radius 3 is 2.72 bits per heavy atom. The van der Waals surface area contributed by atoms with Gasteiger partial charge < -0.3 is 4.57 Å². The fourth-order valence-electron chi connectivity index (χ4n) is 3.82. The van der Waals surface area contributed by atoms with Gasteiger partial charge in [-0.3, -0.25) is 0 Å². The van der Waals surface area contributed by atoms with E-state index < -0.39 is 15.8 Å². The van der Waals surface area contributed by atoms with E-state index in [-0.39, 0.29) is 10.9 Å². The normalized spacial score (nSPS) is 21.9. The number of aromatic nitrogens is 3. The number of rotatable bonds is 3. The summed E-state index contributed by atoms with van der Waals surface area (Å²) in [5, 5.41) is 8.60. The maximum Gasteiger partial charge on any atom is 0.246 e. The summed E-state index contributed by atoms with van der Waals surface area (Å²) in [5.41, 5.74) is 0. The lowest BCUT2D eigenvalue weighted by Crippen LogP contribution is -2.32. The van der Waals surface area contributed by atoms with E-state index in [4.69, 9.17) is 0 Å². The summed E-state index contributed by atoms with van der Waals surface area (Å²) >= 11 is 0. The average Bonchev–Trinajstić information content (AvgIpc) is 3.16. The van der Waals surface area contributed by atoms with E-state index in [9.17, 15) is 12.8 Å². The van der Waals surface area contributed by atoms with Gasteiger partial charge in [0, 0.05) is 19.5 Å². The van der Waals surface area contributed by atoms with Crippen LogP contribution in [0.1, 0.15) is 49.8 Å². The standard InChI is InChI=1S/C17H21FN4O2S/c18-13-7-3-4-9-15(13)25(23,24)22-12-6-8-14(22)17-20-19-16-10-2-1-5-11-21(16)17/h3-4,7,9,14H,1-2,5-6,8,10-12H2/t14-/m1/s1. The first-order valence-corrected chi connectivity index (χ1v) is 10.2. The third-order valence-electron chi connectivity index (χ3n) is 5.06. The van der Waals surface area contributed by atoms with Crippen molar-refractivity contribution in [2.45, 2.75) is 56.0 Å². The molecule has 1 saturated heterocycles. The molecule has 2 aromatic rings. The molecule has 25 heavy (non-hydrogen) atoms.